The van der Waals surface area contributed by atoms with E-state index in [1.54, 1.807) is 13.1 Å². The Kier molecular flexibility index (Phi) is 3.14. The van der Waals surface area contributed by atoms with Crippen LogP contribution in [0, 0.1) is 25.2 Å². The topological polar surface area (TPSA) is 71.8 Å². The van der Waals surface area contributed by atoms with E-state index in [-0.39, 0.29) is 11.1 Å². The lowest BCUT2D eigenvalue weighted by atomic mass is 9.98. The summed E-state index contributed by atoms with van der Waals surface area (Å²) in [6.45, 7) is 4.01. The van der Waals surface area contributed by atoms with Gasteiger partial charge in [-0.2, -0.15) is 5.26 Å². The van der Waals surface area contributed by atoms with E-state index >= 15 is 0 Å². The minimum atomic E-state index is -0.365. The number of aryl methyl sites for hydroxylation is 2. The average Bonchev–Trinajstić information content (AvgIpc) is 2.39. The number of pyridine rings is 1. The van der Waals surface area contributed by atoms with Crippen LogP contribution in [0.1, 0.15) is 16.7 Å². The molecule has 0 saturated carbocycles. The summed E-state index contributed by atoms with van der Waals surface area (Å²) in [5, 5.41) is 9.20. The Hall–Kier alpha value is -2.54. The predicted molar refractivity (Wildman–Crippen MR) is 75.7 cm³/mol. The molecule has 4 nitrogen and oxygen atoms in total. The highest BCUT2D eigenvalue weighted by Gasteiger charge is 2.13. The van der Waals surface area contributed by atoms with Gasteiger partial charge in [0, 0.05) is 12.6 Å². The van der Waals surface area contributed by atoms with Crippen molar-refractivity contribution in [2.24, 2.45) is 7.05 Å². The first kappa shape index (κ1) is 12.9. The summed E-state index contributed by atoms with van der Waals surface area (Å²) >= 11 is 0. The van der Waals surface area contributed by atoms with Crippen molar-refractivity contribution in [1.82, 2.24) is 4.57 Å². The molecule has 0 atom stereocenters. The van der Waals surface area contributed by atoms with E-state index in [0.717, 1.165) is 11.1 Å². The molecular weight excluding hydrogens is 238 g/mol. The van der Waals surface area contributed by atoms with Gasteiger partial charge < -0.3 is 5.73 Å². The molecule has 0 aliphatic heterocycles. The zero-order valence-corrected chi connectivity index (χ0v) is 11.2. The Morgan fingerprint density at radius 2 is 1.89 bits per heavy atom. The van der Waals surface area contributed by atoms with Crippen molar-refractivity contribution in [3.05, 3.63) is 51.3 Å². The average molecular weight is 253 g/mol. The van der Waals surface area contributed by atoms with E-state index in [4.69, 9.17) is 5.73 Å². The van der Waals surface area contributed by atoms with Crippen LogP contribution in [0.15, 0.2) is 29.1 Å². The number of hydrogen-bond acceptors (Lipinski definition) is 3. The molecule has 0 aliphatic rings. The molecule has 0 aliphatic carbocycles. The summed E-state index contributed by atoms with van der Waals surface area (Å²) in [7, 11) is 1.56. The maximum atomic E-state index is 12.0. The molecule has 1 aromatic heterocycles. The molecule has 4 heteroatoms. The van der Waals surface area contributed by atoms with E-state index in [0.29, 0.717) is 11.4 Å². The number of rotatable bonds is 1. The second kappa shape index (κ2) is 4.62. The standard InChI is InChI=1S/C15H15N3O/c1-9-4-5-11(6-10(9)2)12-7-14(17)18(3)15(19)13(12)8-16/h4-7H,17H2,1-3H3. The maximum Gasteiger partial charge on any atom is 0.270 e. The molecule has 0 spiro atoms. The van der Waals surface area contributed by atoms with Gasteiger partial charge in [0.25, 0.3) is 5.56 Å². The van der Waals surface area contributed by atoms with Gasteiger partial charge >= 0.3 is 0 Å². The van der Waals surface area contributed by atoms with Crippen molar-refractivity contribution in [2.75, 3.05) is 5.73 Å². The fourth-order valence-electron chi connectivity index (χ4n) is 1.96. The van der Waals surface area contributed by atoms with Crippen molar-refractivity contribution in [3.63, 3.8) is 0 Å². The number of anilines is 1. The first-order valence-corrected chi connectivity index (χ1v) is 5.93. The number of hydrogen-bond donors (Lipinski definition) is 1. The minimum Gasteiger partial charge on any atom is -0.385 e. The Morgan fingerprint density at radius 3 is 2.47 bits per heavy atom. The largest absolute Gasteiger partial charge is 0.385 e. The molecule has 0 bridgehead atoms. The molecule has 2 rings (SSSR count). The van der Waals surface area contributed by atoms with Gasteiger partial charge in [0.2, 0.25) is 0 Å². The molecule has 0 unspecified atom stereocenters. The molecule has 0 amide bonds. The van der Waals surface area contributed by atoms with Gasteiger partial charge in [0.15, 0.2) is 0 Å². The van der Waals surface area contributed by atoms with Crippen LogP contribution < -0.4 is 11.3 Å². The molecule has 0 fully saturated rings. The lowest BCUT2D eigenvalue weighted by molar-refractivity contribution is 0.871. The second-order valence-corrected chi connectivity index (χ2v) is 4.63. The fraction of sp³-hybridized carbons (Fsp3) is 0.200. The van der Waals surface area contributed by atoms with Crippen molar-refractivity contribution < 1.29 is 0 Å². The van der Waals surface area contributed by atoms with Gasteiger partial charge in [-0.25, -0.2) is 0 Å². The number of nitrogen functional groups attached to an aromatic ring is 1. The van der Waals surface area contributed by atoms with Crippen LogP contribution in [0.4, 0.5) is 5.82 Å². The summed E-state index contributed by atoms with van der Waals surface area (Å²) in [6.07, 6.45) is 0. The van der Waals surface area contributed by atoms with Crippen molar-refractivity contribution in [1.29, 1.82) is 5.26 Å². The Morgan fingerprint density at radius 1 is 1.21 bits per heavy atom. The van der Waals surface area contributed by atoms with E-state index < -0.39 is 0 Å². The third kappa shape index (κ3) is 2.11. The molecule has 19 heavy (non-hydrogen) atoms. The zero-order chi connectivity index (χ0) is 14.2. The normalized spacial score (nSPS) is 10.2. The molecule has 2 N–H and O–H groups in total. The number of benzene rings is 1. The van der Waals surface area contributed by atoms with Crippen molar-refractivity contribution in [2.45, 2.75) is 13.8 Å². The fourth-order valence-corrected chi connectivity index (χ4v) is 1.96. The van der Waals surface area contributed by atoms with E-state index in [2.05, 4.69) is 0 Å². The summed E-state index contributed by atoms with van der Waals surface area (Å²) in [6, 6.07) is 9.48. The highest BCUT2D eigenvalue weighted by molar-refractivity contribution is 5.73. The molecule has 2 aromatic rings. The van der Waals surface area contributed by atoms with Crippen LogP contribution in [0.5, 0.6) is 0 Å². The highest BCUT2D eigenvalue weighted by Crippen LogP contribution is 2.25. The molecule has 96 valence electrons. The van der Waals surface area contributed by atoms with Crippen LogP contribution >= 0.6 is 0 Å². The van der Waals surface area contributed by atoms with Crippen LogP contribution in [-0.4, -0.2) is 4.57 Å². The first-order valence-electron chi connectivity index (χ1n) is 5.93. The number of nitrogens with zero attached hydrogens (tertiary/aromatic N) is 2. The smallest absolute Gasteiger partial charge is 0.270 e. The van der Waals surface area contributed by atoms with Crippen LogP contribution in [0.2, 0.25) is 0 Å². The number of nitriles is 1. The Bertz CT molecular complexity index is 751. The van der Waals surface area contributed by atoms with E-state index in [1.807, 2.05) is 38.1 Å². The lowest BCUT2D eigenvalue weighted by Crippen LogP contribution is -2.23. The second-order valence-electron chi connectivity index (χ2n) is 4.63. The van der Waals surface area contributed by atoms with Crippen molar-refractivity contribution in [3.8, 4) is 17.2 Å². The third-order valence-corrected chi connectivity index (χ3v) is 3.40. The lowest BCUT2D eigenvalue weighted by Gasteiger charge is -2.10. The monoisotopic (exact) mass is 253 g/mol. The van der Waals surface area contributed by atoms with Crippen LogP contribution in [-0.2, 0) is 7.05 Å². The summed E-state index contributed by atoms with van der Waals surface area (Å²) in [5.74, 6) is 0.345. The molecular formula is C15H15N3O. The van der Waals surface area contributed by atoms with Crippen LogP contribution in [0.25, 0.3) is 11.1 Å². The number of nitrogens with two attached hydrogens (primary N) is 1. The molecule has 0 radical (unpaired) electrons. The van der Waals surface area contributed by atoms with Gasteiger partial charge in [-0.3, -0.25) is 9.36 Å². The molecule has 1 heterocycles. The third-order valence-electron chi connectivity index (χ3n) is 3.40. The van der Waals surface area contributed by atoms with E-state index in [9.17, 15) is 10.1 Å². The zero-order valence-electron chi connectivity index (χ0n) is 11.2. The molecule has 0 saturated heterocycles. The maximum absolute atomic E-state index is 12.0. The van der Waals surface area contributed by atoms with Gasteiger partial charge in [-0.05, 0) is 36.6 Å². The number of aromatic nitrogens is 1. The van der Waals surface area contributed by atoms with E-state index in [1.165, 1.54) is 10.1 Å². The van der Waals surface area contributed by atoms with Gasteiger partial charge in [0.05, 0.1) is 0 Å². The Labute approximate surface area is 111 Å². The summed E-state index contributed by atoms with van der Waals surface area (Å²) < 4.78 is 1.28. The Balaban J connectivity index is 2.79. The quantitative estimate of drug-likeness (QED) is 0.846. The predicted octanol–water partition coefficient (Wildman–Crippen LogP) is 2.12. The first-order chi connectivity index (χ1) is 8.95. The van der Waals surface area contributed by atoms with Crippen LogP contribution in [0.3, 0.4) is 0 Å². The summed E-state index contributed by atoms with van der Waals surface area (Å²) in [4.78, 5) is 12.0. The minimum absolute atomic E-state index is 0.125. The van der Waals surface area contributed by atoms with Gasteiger partial charge in [-0.1, -0.05) is 18.2 Å². The van der Waals surface area contributed by atoms with Gasteiger partial charge in [-0.15, -0.1) is 0 Å². The summed E-state index contributed by atoms with van der Waals surface area (Å²) in [5.41, 5.74) is 9.27. The van der Waals surface area contributed by atoms with Gasteiger partial charge in [0.1, 0.15) is 17.5 Å². The SMILES string of the molecule is Cc1ccc(-c2cc(N)n(C)c(=O)c2C#N)cc1C. The molecule has 1 aromatic carbocycles. The highest BCUT2D eigenvalue weighted by atomic mass is 16.1. The van der Waals surface area contributed by atoms with Crippen molar-refractivity contribution >= 4 is 5.82 Å².